The molecule has 0 N–H and O–H groups in total. The van der Waals surface area contributed by atoms with Crippen molar-refractivity contribution in [3.63, 3.8) is 0 Å². The molecule has 0 atom stereocenters. The number of hydrogen-bond acceptors (Lipinski definition) is 5. The Hall–Kier alpha value is -2.53. The maximum absolute atomic E-state index is 12.2. The molecule has 0 amide bonds. The molecule has 0 aromatic heterocycles. The van der Waals surface area contributed by atoms with E-state index in [4.69, 9.17) is 25.8 Å². The highest BCUT2D eigenvalue weighted by molar-refractivity contribution is 6.30. The first-order valence-electron chi connectivity index (χ1n) is 7.95. The highest BCUT2D eigenvalue weighted by atomic mass is 35.5. The number of Topliss-reactive ketones (excluding diaryl/α,β-unsaturated/α-hetero) is 1. The van der Waals surface area contributed by atoms with Gasteiger partial charge in [-0.3, -0.25) is 9.59 Å². The van der Waals surface area contributed by atoms with Crippen molar-refractivity contribution in [2.45, 2.75) is 19.4 Å². The molecule has 0 radical (unpaired) electrons. The average Bonchev–Trinajstić information content (AvgIpc) is 2.65. The number of esters is 1. The molecule has 0 fully saturated rings. The van der Waals surface area contributed by atoms with Crippen molar-refractivity contribution in [2.24, 2.45) is 0 Å². The van der Waals surface area contributed by atoms with Gasteiger partial charge in [-0.05, 0) is 35.9 Å². The summed E-state index contributed by atoms with van der Waals surface area (Å²) in [4.78, 5) is 24.0. The fraction of sp³-hybridized carbons (Fsp3) is 0.263. The highest BCUT2D eigenvalue weighted by Crippen LogP contribution is 2.31. The maximum atomic E-state index is 12.2. The Bertz CT molecular complexity index is 770. The molecule has 0 aliphatic carbocycles. The molecule has 0 unspecified atom stereocenters. The molecule has 5 nitrogen and oxygen atoms in total. The van der Waals surface area contributed by atoms with E-state index < -0.39 is 5.97 Å². The maximum Gasteiger partial charge on any atom is 0.306 e. The molecule has 130 valence electrons. The molecule has 6 heteroatoms. The molecule has 1 aliphatic rings. The van der Waals surface area contributed by atoms with Crippen LogP contribution in [0, 0.1) is 0 Å². The van der Waals surface area contributed by atoms with Gasteiger partial charge in [0.15, 0.2) is 17.3 Å². The molecular formula is C19H17ClO5. The van der Waals surface area contributed by atoms with Gasteiger partial charge >= 0.3 is 5.97 Å². The van der Waals surface area contributed by atoms with Crippen molar-refractivity contribution in [3.8, 4) is 11.5 Å². The van der Waals surface area contributed by atoms with Crippen LogP contribution in [0.15, 0.2) is 42.5 Å². The molecule has 0 bridgehead atoms. The van der Waals surface area contributed by atoms with Gasteiger partial charge in [0.2, 0.25) is 0 Å². The second kappa shape index (κ2) is 8.03. The molecular weight excluding hydrogens is 344 g/mol. The number of carbonyl (C=O) groups excluding carboxylic acids is 2. The van der Waals surface area contributed by atoms with Crippen LogP contribution in [0.3, 0.4) is 0 Å². The van der Waals surface area contributed by atoms with E-state index in [1.165, 1.54) is 0 Å². The molecule has 0 saturated carbocycles. The van der Waals surface area contributed by atoms with E-state index in [9.17, 15) is 9.59 Å². The number of ether oxygens (including phenoxy) is 3. The first kappa shape index (κ1) is 17.3. The van der Waals surface area contributed by atoms with E-state index in [0.29, 0.717) is 35.3 Å². The molecule has 25 heavy (non-hydrogen) atoms. The Morgan fingerprint density at radius 3 is 2.44 bits per heavy atom. The Morgan fingerprint density at radius 2 is 1.68 bits per heavy atom. The van der Waals surface area contributed by atoms with Crippen molar-refractivity contribution < 1.29 is 23.8 Å². The summed E-state index contributed by atoms with van der Waals surface area (Å²) < 4.78 is 16.0. The summed E-state index contributed by atoms with van der Waals surface area (Å²) in [7, 11) is 0. The van der Waals surface area contributed by atoms with Gasteiger partial charge in [0.1, 0.15) is 19.8 Å². The third-order valence-corrected chi connectivity index (χ3v) is 3.99. The number of benzene rings is 2. The number of rotatable bonds is 6. The van der Waals surface area contributed by atoms with Gasteiger partial charge in [0.05, 0.1) is 6.42 Å². The number of halogens is 1. The van der Waals surface area contributed by atoms with E-state index in [0.717, 1.165) is 5.56 Å². The molecule has 1 heterocycles. The number of fused-ring (bicyclic) bond motifs is 1. The smallest absolute Gasteiger partial charge is 0.306 e. The summed E-state index contributed by atoms with van der Waals surface area (Å²) in [6, 6.07) is 12.1. The van der Waals surface area contributed by atoms with Gasteiger partial charge in [-0.1, -0.05) is 23.7 Å². The lowest BCUT2D eigenvalue weighted by Crippen LogP contribution is -2.16. The zero-order valence-electron chi connectivity index (χ0n) is 13.5. The standard InChI is InChI=1S/C19H17ClO5/c20-15-4-1-13(2-5-15)12-25-19(22)8-6-16(21)14-3-7-17-18(11-14)24-10-9-23-17/h1-5,7,11H,6,8-10,12H2. The summed E-state index contributed by atoms with van der Waals surface area (Å²) in [6.45, 7) is 1.12. The van der Waals surface area contributed by atoms with Gasteiger partial charge < -0.3 is 14.2 Å². The van der Waals surface area contributed by atoms with Gasteiger partial charge in [0.25, 0.3) is 0 Å². The molecule has 2 aromatic rings. The Kier molecular flexibility index (Phi) is 5.56. The molecule has 2 aromatic carbocycles. The Labute approximate surface area is 150 Å². The summed E-state index contributed by atoms with van der Waals surface area (Å²) in [5.41, 5.74) is 1.34. The third kappa shape index (κ3) is 4.73. The van der Waals surface area contributed by atoms with Gasteiger partial charge in [-0.25, -0.2) is 0 Å². The van der Waals surface area contributed by atoms with E-state index in [1.54, 1.807) is 42.5 Å². The first-order valence-corrected chi connectivity index (χ1v) is 8.32. The van der Waals surface area contributed by atoms with Crippen molar-refractivity contribution in [2.75, 3.05) is 13.2 Å². The number of ketones is 1. The predicted octanol–water partition coefficient (Wildman–Crippen LogP) is 3.82. The van der Waals surface area contributed by atoms with Crippen molar-refractivity contribution in [3.05, 3.63) is 58.6 Å². The highest BCUT2D eigenvalue weighted by Gasteiger charge is 2.16. The summed E-state index contributed by atoms with van der Waals surface area (Å²) in [5.74, 6) is 0.633. The van der Waals surface area contributed by atoms with Crippen LogP contribution in [-0.2, 0) is 16.1 Å². The van der Waals surface area contributed by atoms with Gasteiger partial charge in [0, 0.05) is 17.0 Å². The average molecular weight is 361 g/mol. The fourth-order valence-electron chi connectivity index (χ4n) is 2.39. The van der Waals surface area contributed by atoms with Crippen LogP contribution < -0.4 is 9.47 Å². The minimum atomic E-state index is -0.416. The van der Waals surface area contributed by atoms with Gasteiger partial charge in [-0.15, -0.1) is 0 Å². The zero-order valence-corrected chi connectivity index (χ0v) is 14.3. The van der Waals surface area contributed by atoms with Crippen LogP contribution in [0.25, 0.3) is 0 Å². The molecule has 3 rings (SSSR count). The monoisotopic (exact) mass is 360 g/mol. The normalized spacial score (nSPS) is 12.5. The third-order valence-electron chi connectivity index (χ3n) is 3.73. The second-order valence-corrected chi connectivity index (χ2v) is 6.01. The van der Waals surface area contributed by atoms with Crippen molar-refractivity contribution in [1.29, 1.82) is 0 Å². The zero-order chi connectivity index (χ0) is 17.6. The lowest BCUT2D eigenvalue weighted by atomic mass is 10.1. The van der Waals surface area contributed by atoms with Gasteiger partial charge in [-0.2, -0.15) is 0 Å². The second-order valence-electron chi connectivity index (χ2n) is 5.57. The van der Waals surface area contributed by atoms with Crippen LogP contribution in [-0.4, -0.2) is 25.0 Å². The van der Waals surface area contributed by atoms with Crippen LogP contribution in [0.1, 0.15) is 28.8 Å². The van der Waals surface area contributed by atoms with Crippen LogP contribution >= 0.6 is 11.6 Å². The SMILES string of the molecule is O=C(CCC(=O)c1ccc2c(c1)OCCO2)OCc1ccc(Cl)cc1. The minimum absolute atomic E-state index is 0.0286. The van der Waals surface area contributed by atoms with E-state index >= 15 is 0 Å². The van der Waals surface area contributed by atoms with E-state index in [2.05, 4.69) is 0 Å². The fourth-order valence-corrected chi connectivity index (χ4v) is 2.52. The molecule has 0 spiro atoms. The number of hydrogen-bond donors (Lipinski definition) is 0. The summed E-state index contributed by atoms with van der Waals surface area (Å²) >= 11 is 5.80. The predicted molar refractivity (Wildman–Crippen MR) is 92.2 cm³/mol. The van der Waals surface area contributed by atoms with Crippen LogP contribution in [0.4, 0.5) is 0 Å². The van der Waals surface area contributed by atoms with Crippen LogP contribution in [0.2, 0.25) is 5.02 Å². The van der Waals surface area contributed by atoms with E-state index in [1.807, 2.05) is 0 Å². The Balaban J connectivity index is 1.48. The van der Waals surface area contributed by atoms with Crippen molar-refractivity contribution >= 4 is 23.4 Å². The largest absolute Gasteiger partial charge is 0.486 e. The summed E-state index contributed by atoms with van der Waals surface area (Å²) in [6.07, 6.45) is 0.111. The Morgan fingerprint density at radius 1 is 0.960 bits per heavy atom. The topological polar surface area (TPSA) is 61.8 Å². The van der Waals surface area contributed by atoms with Crippen molar-refractivity contribution in [1.82, 2.24) is 0 Å². The van der Waals surface area contributed by atoms with Crippen LogP contribution in [0.5, 0.6) is 11.5 Å². The van der Waals surface area contributed by atoms with E-state index in [-0.39, 0.29) is 25.2 Å². The summed E-state index contributed by atoms with van der Waals surface area (Å²) in [5, 5.41) is 0.625. The minimum Gasteiger partial charge on any atom is -0.486 e. The number of carbonyl (C=O) groups is 2. The molecule has 0 saturated heterocycles. The lowest BCUT2D eigenvalue weighted by Gasteiger charge is -2.18. The quantitative estimate of drug-likeness (QED) is 0.579. The molecule has 1 aliphatic heterocycles. The first-order chi connectivity index (χ1) is 12.1. The lowest BCUT2D eigenvalue weighted by molar-refractivity contribution is -0.144.